The first-order chi connectivity index (χ1) is 8.31. The average Bonchev–Trinajstić information content (AvgIpc) is 2.26. The van der Waals surface area contributed by atoms with Gasteiger partial charge in [0, 0.05) is 12.2 Å². The molecule has 0 spiro atoms. The third kappa shape index (κ3) is 4.73. The van der Waals surface area contributed by atoms with Crippen LogP contribution in [0.3, 0.4) is 0 Å². The van der Waals surface area contributed by atoms with Crippen LogP contribution in [0.25, 0.3) is 0 Å². The largest absolute Gasteiger partial charge is 0.444 e. The van der Waals surface area contributed by atoms with Gasteiger partial charge in [0.05, 0.1) is 6.10 Å². The van der Waals surface area contributed by atoms with Gasteiger partial charge in [0.25, 0.3) is 0 Å². The summed E-state index contributed by atoms with van der Waals surface area (Å²) in [5.41, 5.74) is 6.15. The number of hydrogen-bond donors (Lipinski definition) is 3. The van der Waals surface area contributed by atoms with Crippen molar-refractivity contribution in [2.75, 3.05) is 11.9 Å². The number of amides is 1. The number of ether oxygens (including phenoxy) is 1. The van der Waals surface area contributed by atoms with Crippen LogP contribution in [-0.2, 0) is 4.74 Å². The molecule has 18 heavy (non-hydrogen) atoms. The van der Waals surface area contributed by atoms with Crippen molar-refractivity contribution in [3.63, 3.8) is 0 Å². The number of carbonyl (C=O) groups is 1. The maximum atomic E-state index is 11.5. The number of rotatable bonds is 3. The maximum Gasteiger partial charge on any atom is 0.412 e. The van der Waals surface area contributed by atoms with Crippen LogP contribution in [0.5, 0.6) is 0 Å². The van der Waals surface area contributed by atoms with Gasteiger partial charge < -0.3 is 15.6 Å². The molecule has 4 N–H and O–H groups in total. The van der Waals surface area contributed by atoms with Gasteiger partial charge in [0.2, 0.25) is 0 Å². The van der Waals surface area contributed by atoms with Gasteiger partial charge in [-0.2, -0.15) is 0 Å². The summed E-state index contributed by atoms with van der Waals surface area (Å²) in [6.45, 7) is 5.56. The van der Waals surface area contributed by atoms with Crippen LogP contribution in [0.2, 0.25) is 0 Å². The first-order valence-corrected chi connectivity index (χ1v) is 5.80. The second-order valence-corrected chi connectivity index (χ2v) is 5.00. The van der Waals surface area contributed by atoms with E-state index < -0.39 is 17.8 Å². The summed E-state index contributed by atoms with van der Waals surface area (Å²) < 4.78 is 5.12. The van der Waals surface area contributed by atoms with Crippen molar-refractivity contribution in [1.82, 2.24) is 0 Å². The van der Waals surface area contributed by atoms with Crippen molar-refractivity contribution in [2.24, 2.45) is 5.73 Å². The number of hydrogen-bond acceptors (Lipinski definition) is 4. The van der Waals surface area contributed by atoms with Gasteiger partial charge in [-0.1, -0.05) is 12.1 Å². The molecule has 5 heteroatoms. The fraction of sp³-hybridized carbons (Fsp3) is 0.462. The molecule has 1 atom stereocenters. The Morgan fingerprint density at radius 3 is 2.39 bits per heavy atom. The van der Waals surface area contributed by atoms with E-state index in [1.54, 1.807) is 45.0 Å². The second-order valence-electron chi connectivity index (χ2n) is 5.00. The van der Waals surface area contributed by atoms with Gasteiger partial charge >= 0.3 is 6.09 Å². The van der Waals surface area contributed by atoms with Crippen molar-refractivity contribution in [3.05, 3.63) is 29.8 Å². The van der Waals surface area contributed by atoms with Gasteiger partial charge in [0.15, 0.2) is 0 Å². The highest BCUT2D eigenvalue weighted by Crippen LogP contribution is 2.16. The fourth-order valence-corrected chi connectivity index (χ4v) is 1.35. The highest BCUT2D eigenvalue weighted by Gasteiger charge is 2.16. The molecule has 1 amide bonds. The monoisotopic (exact) mass is 252 g/mol. The van der Waals surface area contributed by atoms with E-state index in [9.17, 15) is 9.90 Å². The van der Waals surface area contributed by atoms with Crippen molar-refractivity contribution in [1.29, 1.82) is 0 Å². The molecule has 0 aromatic heterocycles. The van der Waals surface area contributed by atoms with Gasteiger partial charge in [-0.3, -0.25) is 5.32 Å². The number of aliphatic hydroxyl groups excluding tert-OH is 1. The Labute approximate surface area is 107 Å². The molecule has 0 heterocycles. The number of nitrogens with two attached hydrogens (primary N) is 1. The lowest BCUT2D eigenvalue weighted by molar-refractivity contribution is 0.0636. The van der Waals surface area contributed by atoms with E-state index in [2.05, 4.69) is 5.32 Å². The van der Waals surface area contributed by atoms with Gasteiger partial charge in [-0.25, -0.2) is 4.79 Å². The summed E-state index contributed by atoms with van der Waals surface area (Å²) in [7, 11) is 0. The first kappa shape index (κ1) is 14.5. The quantitative estimate of drug-likeness (QED) is 0.768. The fourth-order valence-electron chi connectivity index (χ4n) is 1.35. The van der Waals surface area contributed by atoms with E-state index in [0.29, 0.717) is 11.3 Å². The number of benzene rings is 1. The van der Waals surface area contributed by atoms with Crippen LogP contribution in [-0.4, -0.2) is 23.3 Å². The van der Waals surface area contributed by atoms with E-state index in [4.69, 9.17) is 10.5 Å². The van der Waals surface area contributed by atoms with E-state index in [1.165, 1.54) is 0 Å². The van der Waals surface area contributed by atoms with E-state index in [0.717, 1.165) is 0 Å². The Bertz CT molecular complexity index is 396. The van der Waals surface area contributed by atoms with Crippen LogP contribution in [0.15, 0.2) is 24.3 Å². The lowest BCUT2D eigenvalue weighted by Crippen LogP contribution is -2.27. The summed E-state index contributed by atoms with van der Waals surface area (Å²) in [6, 6.07) is 6.81. The highest BCUT2D eigenvalue weighted by molar-refractivity contribution is 5.84. The smallest absolute Gasteiger partial charge is 0.412 e. The molecule has 0 bridgehead atoms. The zero-order valence-corrected chi connectivity index (χ0v) is 10.9. The number of carbonyl (C=O) groups excluding carboxylic acids is 1. The standard InChI is InChI=1S/C13H20N2O3/c1-13(2,3)18-12(17)15-10-6-4-9(5-7-10)11(16)8-14/h4-7,11,16H,8,14H2,1-3H3,(H,15,17). The minimum Gasteiger partial charge on any atom is -0.444 e. The highest BCUT2D eigenvalue weighted by atomic mass is 16.6. The van der Waals surface area contributed by atoms with E-state index in [-0.39, 0.29) is 6.54 Å². The summed E-state index contributed by atoms with van der Waals surface area (Å²) in [5, 5.41) is 12.1. The molecule has 5 nitrogen and oxygen atoms in total. The second kappa shape index (κ2) is 5.84. The Morgan fingerprint density at radius 1 is 1.39 bits per heavy atom. The molecule has 0 aliphatic rings. The molecule has 0 fully saturated rings. The first-order valence-electron chi connectivity index (χ1n) is 5.80. The summed E-state index contributed by atoms with van der Waals surface area (Å²) in [5.74, 6) is 0. The van der Waals surface area contributed by atoms with Crippen molar-refractivity contribution in [2.45, 2.75) is 32.5 Å². The average molecular weight is 252 g/mol. The zero-order valence-electron chi connectivity index (χ0n) is 10.9. The summed E-state index contributed by atoms with van der Waals surface area (Å²) in [6.07, 6.45) is -1.19. The van der Waals surface area contributed by atoms with Gasteiger partial charge in [0.1, 0.15) is 5.60 Å². The van der Waals surface area contributed by atoms with E-state index in [1.807, 2.05) is 0 Å². The number of nitrogens with one attached hydrogen (secondary N) is 1. The normalized spacial score (nSPS) is 12.9. The zero-order chi connectivity index (χ0) is 13.8. The molecule has 100 valence electrons. The van der Waals surface area contributed by atoms with Crippen LogP contribution in [0.1, 0.15) is 32.4 Å². The molecule has 0 aliphatic heterocycles. The van der Waals surface area contributed by atoms with Crippen LogP contribution in [0, 0.1) is 0 Å². The molecule has 0 radical (unpaired) electrons. The molecule has 1 rings (SSSR count). The molecule has 0 saturated carbocycles. The van der Waals surface area contributed by atoms with Crippen LogP contribution in [0.4, 0.5) is 10.5 Å². The Morgan fingerprint density at radius 2 is 1.94 bits per heavy atom. The van der Waals surface area contributed by atoms with E-state index >= 15 is 0 Å². The molecule has 0 saturated heterocycles. The lowest BCUT2D eigenvalue weighted by atomic mass is 10.1. The van der Waals surface area contributed by atoms with Crippen molar-refractivity contribution in [3.8, 4) is 0 Å². The topological polar surface area (TPSA) is 84.6 Å². The maximum absolute atomic E-state index is 11.5. The molecular weight excluding hydrogens is 232 g/mol. The SMILES string of the molecule is CC(C)(C)OC(=O)Nc1ccc(C(O)CN)cc1. The van der Waals surface area contributed by atoms with Gasteiger partial charge in [-0.15, -0.1) is 0 Å². The van der Waals surface area contributed by atoms with Crippen LogP contribution < -0.4 is 11.1 Å². The third-order valence-corrected chi connectivity index (χ3v) is 2.16. The molecular formula is C13H20N2O3. The predicted molar refractivity (Wildman–Crippen MR) is 70.3 cm³/mol. The summed E-state index contributed by atoms with van der Waals surface area (Å²) in [4.78, 5) is 11.5. The Hall–Kier alpha value is -1.59. The minimum atomic E-state index is -0.680. The number of anilines is 1. The molecule has 1 aromatic carbocycles. The van der Waals surface area contributed by atoms with Gasteiger partial charge in [-0.05, 0) is 38.5 Å². The third-order valence-electron chi connectivity index (χ3n) is 2.16. The van der Waals surface area contributed by atoms with Crippen LogP contribution >= 0.6 is 0 Å². The predicted octanol–water partition coefficient (Wildman–Crippen LogP) is 2.03. The molecule has 1 aromatic rings. The molecule has 1 unspecified atom stereocenters. The molecule has 0 aliphatic carbocycles. The minimum absolute atomic E-state index is 0.166. The van der Waals surface area contributed by atoms with Crippen molar-refractivity contribution < 1.29 is 14.6 Å². The number of aliphatic hydroxyl groups is 1. The Kier molecular flexibility index (Phi) is 4.69. The summed E-state index contributed by atoms with van der Waals surface area (Å²) >= 11 is 0. The Balaban J connectivity index is 2.61. The van der Waals surface area contributed by atoms with Crippen molar-refractivity contribution >= 4 is 11.8 Å². The lowest BCUT2D eigenvalue weighted by Gasteiger charge is -2.19.